The van der Waals surface area contributed by atoms with Gasteiger partial charge in [-0.1, -0.05) is 22.8 Å². The summed E-state index contributed by atoms with van der Waals surface area (Å²) in [5.74, 6) is 1.10. The minimum atomic E-state index is 0.119. The molecule has 1 aliphatic heterocycles. The molecule has 2 aromatic heterocycles. The molecular weight excluding hydrogens is 390 g/mol. The normalized spacial score (nSPS) is 14.9. The lowest BCUT2D eigenvalue weighted by atomic mass is 10.2. The Morgan fingerprint density at radius 3 is 2.59 bits per heavy atom. The van der Waals surface area contributed by atoms with Gasteiger partial charge in [0, 0.05) is 62.3 Å². The first-order valence-electron chi connectivity index (χ1n) is 9.66. The number of carbonyl (C=O) groups is 1. The number of amides is 1. The lowest BCUT2D eigenvalue weighted by molar-refractivity contribution is -0.133. The number of aromatic nitrogens is 3. The molecule has 7 nitrogen and oxygen atoms in total. The minimum absolute atomic E-state index is 0.119. The van der Waals surface area contributed by atoms with Gasteiger partial charge in [0.25, 0.3) is 0 Å². The van der Waals surface area contributed by atoms with Crippen LogP contribution >= 0.6 is 11.6 Å². The lowest BCUT2D eigenvalue weighted by Crippen LogP contribution is -2.48. The highest BCUT2D eigenvalue weighted by Crippen LogP contribution is 2.19. The fraction of sp³-hybridized carbons (Fsp3) is 0.333. The highest BCUT2D eigenvalue weighted by atomic mass is 35.5. The summed E-state index contributed by atoms with van der Waals surface area (Å²) in [6.07, 6.45) is 2.61. The van der Waals surface area contributed by atoms with Gasteiger partial charge in [-0.15, -0.1) is 0 Å². The van der Waals surface area contributed by atoms with Crippen molar-refractivity contribution in [2.24, 2.45) is 0 Å². The minimum Gasteiger partial charge on any atom is -0.340 e. The first-order chi connectivity index (χ1) is 14.2. The summed E-state index contributed by atoms with van der Waals surface area (Å²) in [4.78, 5) is 25.5. The predicted octanol–water partition coefficient (Wildman–Crippen LogP) is 3.06. The molecule has 0 atom stereocenters. The summed E-state index contributed by atoms with van der Waals surface area (Å²) in [6, 6.07) is 13.2. The molecule has 0 spiro atoms. The average molecular weight is 412 g/mol. The van der Waals surface area contributed by atoms with Gasteiger partial charge in [0.05, 0.1) is 5.69 Å². The molecule has 1 amide bonds. The zero-order chi connectivity index (χ0) is 20.1. The predicted molar refractivity (Wildman–Crippen MR) is 109 cm³/mol. The van der Waals surface area contributed by atoms with Crippen LogP contribution in [0.3, 0.4) is 0 Å². The van der Waals surface area contributed by atoms with Crippen LogP contribution in [-0.2, 0) is 17.8 Å². The maximum Gasteiger partial charge on any atom is 0.227 e. The van der Waals surface area contributed by atoms with Crippen molar-refractivity contribution in [3.05, 3.63) is 65.3 Å². The Kier molecular flexibility index (Phi) is 6.17. The van der Waals surface area contributed by atoms with E-state index in [9.17, 15) is 4.79 Å². The Labute approximate surface area is 174 Å². The van der Waals surface area contributed by atoms with E-state index in [0.29, 0.717) is 29.6 Å². The number of benzene rings is 1. The van der Waals surface area contributed by atoms with Crippen LogP contribution < -0.4 is 0 Å². The van der Waals surface area contributed by atoms with Crippen molar-refractivity contribution < 1.29 is 9.32 Å². The second-order valence-electron chi connectivity index (χ2n) is 7.00. The number of halogens is 1. The lowest BCUT2D eigenvalue weighted by Gasteiger charge is -2.34. The summed E-state index contributed by atoms with van der Waals surface area (Å²) in [5, 5.41) is 4.65. The molecule has 1 aliphatic rings. The number of piperazine rings is 1. The van der Waals surface area contributed by atoms with Gasteiger partial charge in [-0.05, 0) is 36.4 Å². The highest BCUT2D eigenvalue weighted by molar-refractivity contribution is 6.30. The van der Waals surface area contributed by atoms with E-state index in [1.54, 1.807) is 12.1 Å². The number of hydrogen-bond donors (Lipinski definition) is 0. The number of rotatable bonds is 6. The third kappa shape index (κ3) is 5.19. The summed E-state index contributed by atoms with van der Waals surface area (Å²) in [7, 11) is 0. The molecule has 3 aromatic rings. The van der Waals surface area contributed by atoms with Crippen LogP contribution in [-0.4, -0.2) is 57.0 Å². The van der Waals surface area contributed by atoms with Gasteiger partial charge in [0.1, 0.15) is 0 Å². The van der Waals surface area contributed by atoms with Gasteiger partial charge in [-0.3, -0.25) is 14.7 Å². The summed E-state index contributed by atoms with van der Waals surface area (Å²) < 4.78 is 5.29. The van der Waals surface area contributed by atoms with Crippen molar-refractivity contribution in [2.45, 2.75) is 19.4 Å². The molecule has 1 fully saturated rings. The van der Waals surface area contributed by atoms with E-state index < -0.39 is 0 Å². The number of hydrogen-bond acceptors (Lipinski definition) is 6. The molecule has 29 heavy (non-hydrogen) atoms. The summed E-state index contributed by atoms with van der Waals surface area (Å²) >= 11 is 5.90. The molecule has 0 aliphatic carbocycles. The number of nitrogens with zero attached hydrogens (tertiary/aromatic N) is 5. The quantitative estimate of drug-likeness (QED) is 0.620. The van der Waals surface area contributed by atoms with E-state index in [1.165, 1.54) is 0 Å². The zero-order valence-electron chi connectivity index (χ0n) is 16.0. The Morgan fingerprint density at radius 1 is 1.07 bits per heavy atom. The van der Waals surface area contributed by atoms with Crippen LogP contribution in [0.25, 0.3) is 11.4 Å². The van der Waals surface area contributed by atoms with E-state index in [-0.39, 0.29) is 5.91 Å². The molecule has 0 saturated carbocycles. The third-order valence-electron chi connectivity index (χ3n) is 4.96. The van der Waals surface area contributed by atoms with E-state index in [1.807, 2.05) is 41.4 Å². The first-order valence-corrected chi connectivity index (χ1v) is 10.0. The Bertz CT molecular complexity index is 937. The maximum atomic E-state index is 12.5. The van der Waals surface area contributed by atoms with Crippen LogP contribution in [0.15, 0.2) is 53.2 Å². The van der Waals surface area contributed by atoms with Crippen molar-refractivity contribution in [1.82, 2.24) is 24.9 Å². The summed E-state index contributed by atoms with van der Waals surface area (Å²) in [5.41, 5.74) is 1.89. The average Bonchev–Trinajstić information content (AvgIpc) is 3.23. The molecule has 150 valence electrons. The van der Waals surface area contributed by atoms with Gasteiger partial charge >= 0.3 is 0 Å². The van der Waals surface area contributed by atoms with Crippen LogP contribution in [0.2, 0.25) is 5.02 Å². The monoisotopic (exact) mass is 411 g/mol. The molecule has 8 heteroatoms. The van der Waals surface area contributed by atoms with Gasteiger partial charge in [0.15, 0.2) is 0 Å². The summed E-state index contributed by atoms with van der Waals surface area (Å²) in [6.45, 7) is 3.97. The number of pyridine rings is 1. The zero-order valence-corrected chi connectivity index (χ0v) is 16.8. The van der Waals surface area contributed by atoms with Gasteiger partial charge in [0.2, 0.25) is 17.6 Å². The molecule has 1 aromatic carbocycles. The van der Waals surface area contributed by atoms with E-state index in [4.69, 9.17) is 16.1 Å². The number of carbonyl (C=O) groups excluding carboxylic acids is 1. The van der Waals surface area contributed by atoms with Crippen LogP contribution in [0, 0.1) is 0 Å². The van der Waals surface area contributed by atoms with Crippen LogP contribution in [0.4, 0.5) is 0 Å². The fourth-order valence-corrected chi connectivity index (χ4v) is 3.45. The number of aryl methyl sites for hydroxylation is 1. The Balaban J connectivity index is 1.24. The van der Waals surface area contributed by atoms with Crippen LogP contribution in [0.1, 0.15) is 18.0 Å². The van der Waals surface area contributed by atoms with Crippen molar-refractivity contribution in [3.8, 4) is 11.4 Å². The van der Waals surface area contributed by atoms with Crippen molar-refractivity contribution in [1.29, 1.82) is 0 Å². The standard InChI is InChI=1S/C21H22ClN5O2/c22-17-6-4-16(5-7-17)21-24-19(29-25-21)8-9-20(28)27-13-11-26(12-14-27)15-18-3-1-2-10-23-18/h1-7,10H,8-9,11-15H2. The molecular formula is C21H22ClN5O2. The fourth-order valence-electron chi connectivity index (χ4n) is 3.32. The van der Waals surface area contributed by atoms with E-state index >= 15 is 0 Å². The highest BCUT2D eigenvalue weighted by Gasteiger charge is 2.22. The molecule has 0 unspecified atom stereocenters. The largest absolute Gasteiger partial charge is 0.340 e. The van der Waals surface area contributed by atoms with Crippen molar-refractivity contribution in [3.63, 3.8) is 0 Å². The van der Waals surface area contributed by atoms with Gasteiger partial charge in [-0.25, -0.2) is 0 Å². The van der Waals surface area contributed by atoms with Crippen molar-refractivity contribution in [2.75, 3.05) is 26.2 Å². The van der Waals surface area contributed by atoms with Crippen LogP contribution in [0.5, 0.6) is 0 Å². The van der Waals surface area contributed by atoms with Crippen molar-refractivity contribution >= 4 is 17.5 Å². The van der Waals surface area contributed by atoms with E-state index in [2.05, 4.69) is 20.0 Å². The molecule has 0 bridgehead atoms. The Morgan fingerprint density at radius 2 is 1.86 bits per heavy atom. The Hall–Kier alpha value is -2.77. The molecule has 4 rings (SSSR count). The molecule has 1 saturated heterocycles. The second kappa shape index (κ2) is 9.15. The second-order valence-corrected chi connectivity index (χ2v) is 7.43. The van der Waals surface area contributed by atoms with Gasteiger partial charge < -0.3 is 9.42 Å². The molecule has 0 N–H and O–H groups in total. The molecule has 0 radical (unpaired) electrons. The topological polar surface area (TPSA) is 75.4 Å². The first kappa shape index (κ1) is 19.5. The van der Waals surface area contributed by atoms with Gasteiger partial charge in [-0.2, -0.15) is 4.98 Å². The third-order valence-corrected chi connectivity index (χ3v) is 5.21. The SMILES string of the molecule is O=C(CCc1nc(-c2ccc(Cl)cc2)no1)N1CCN(Cc2ccccn2)CC1. The molecule has 3 heterocycles. The maximum absolute atomic E-state index is 12.5. The smallest absolute Gasteiger partial charge is 0.227 e. The van der Waals surface area contributed by atoms with E-state index in [0.717, 1.165) is 44.0 Å².